The molecule has 1 N–H and O–H groups in total. The third-order valence-corrected chi connectivity index (χ3v) is 6.57. The van der Waals surface area contributed by atoms with Gasteiger partial charge in [-0.25, -0.2) is 13.1 Å². The van der Waals surface area contributed by atoms with Gasteiger partial charge in [0.15, 0.2) is 0 Å². The number of carbonyl (C=O) groups is 1. The fraction of sp³-hybridized carbons (Fsp3) is 0.409. The molecule has 0 fully saturated rings. The maximum Gasteiger partial charge on any atom is 0.241 e. The van der Waals surface area contributed by atoms with E-state index < -0.39 is 10.0 Å². The van der Waals surface area contributed by atoms with E-state index in [-0.39, 0.29) is 12.5 Å². The van der Waals surface area contributed by atoms with Crippen molar-refractivity contribution < 1.29 is 13.2 Å². The number of benzene rings is 2. The molecule has 6 heteroatoms. The number of sulfonamides is 1. The summed E-state index contributed by atoms with van der Waals surface area (Å²) in [4.78, 5) is 14.6. The summed E-state index contributed by atoms with van der Waals surface area (Å²) in [5, 5.41) is 0. The topological polar surface area (TPSA) is 66.5 Å². The summed E-state index contributed by atoms with van der Waals surface area (Å²) in [6.45, 7) is 8.75. The van der Waals surface area contributed by atoms with Gasteiger partial charge in [-0.15, -0.1) is 0 Å². The number of amides is 1. The monoisotopic (exact) mass is 400 g/mol. The number of hydrogen-bond acceptors (Lipinski definition) is 3. The fourth-order valence-electron chi connectivity index (χ4n) is 3.64. The van der Waals surface area contributed by atoms with E-state index in [9.17, 15) is 13.2 Å². The molecule has 0 spiro atoms. The van der Waals surface area contributed by atoms with Crippen LogP contribution < -0.4 is 9.62 Å². The Morgan fingerprint density at radius 1 is 1.14 bits per heavy atom. The van der Waals surface area contributed by atoms with Crippen molar-refractivity contribution in [1.82, 2.24) is 4.72 Å². The zero-order chi connectivity index (χ0) is 20.5. The average Bonchev–Trinajstić information content (AvgIpc) is 3.02. The van der Waals surface area contributed by atoms with Crippen LogP contribution in [0.25, 0.3) is 0 Å². The van der Waals surface area contributed by atoms with Crippen molar-refractivity contribution in [3.05, 3.63) is 58.7 Å². The average molecular weight is 401 g/mol. The van der Waals surface area contributed by atoms with E-state index in [0.29, 0.717) is 23.8 Å². The minimum absolute atomic E-state index is 0.150. The summed E-state index contributed by atoms with van der Waals surface area (Å²) >= 11 is 0. The normalized spacial score (nSPS) is 13.8. The Morgan fingerprint density at radius 3 is 2.57 bits per heavy atom. The van der Waals surface area contributed by atoms with Gasteiger partial charge >= 0.3 is 0 Å². The van der Waals surface area contributed by atoms with Gasteiger partial charge in [-0.3, -0.25) is 4.79 Å². The van der Waals surface area contributed by atoms with Gasteiger partial charge in [0, 0.05) is 25.2 Å². The Kier molecular flexibility index (Phi) is 5.91. The van der Waals surface area contributed by atoms with E-state index in [1.807, 2.05) is 49.9 Å². The first-order chi connectivity index (χ1) is 13.2. The number of anilines is 1. The first-order valence-corrected chi connectivity index (χ1v) is 11.1. The number of hydrogen-bond donors (Lipinski definition) is 1. The van der Waals surface area contributed by atoms with Crippen LogP contribution in [0.15, 0.2) is 41.3 Å². The van der Waals surface area contributed by atoms with Crippen LogP contribution in [-0.4, -0.2) is 20.9 Å². The van der Waals surface area contributed by atoms with Gasteiger partial charge in [0.1, 0.15) is 0 Å². The Hall–Kier alpha value is -2.18. The van der Waals surface area contributed by atoms with Crippen LogP contribution in [0.2, 0.25) is 0 Å². The molecule has 0 unspecified atom stereocenters. The zero-order valence-electron chi connectivity index (χ0n) is 17.0. The van der Waals surface area contributed by atoms with Gasteiger partial charge in [-0.05, 0) is 55.0 Å². The number of fused-ring (bicyclic) bond motifs is 1. The van der Waals surface area contributed by atoms with Gasteiger partial charge in [-0.1, -0.05) is 43.7 Å². The summed E-state index contributed by atoms with van der Waals surface area (Å²) in [5.41, 5.74) is 4.71. The number of aryl methyl sites for hydroxylation is 2. The molecular formula is C22H28N2O3S. The smallest absolute Gasteiger partial charge is 0.241 e. The van der Waals surface area contributed by atoms with Crippen molar-refractivity contribution in [2.45, 2.75) is 52.0 Å². The van der Waals surface area contributed by atoms with Crippen LogP contribution in [0.4, 0.5) is 5.69 Å². The quantitative estimate of drug-likeness (QED) is 0.804. The summed E-state index contributed by atoms with van der Waals surface area (Å²) in [6, 6.07) is 11.1. The Labute approximate surface area is 167 Å². The van der Waals surface area contributed by atoms with Crippen LogP contribution >= 0.6 is 0 Å². The van der Waals surface area contributed by atoms with Crippen molar-refractivity contribution in [3.8, 4) is 0 Å². The van der Waals surface area contributed by atoms with Gasteiger partial charge in [0.25, 0.3) is 0 Å². The predicted molar refractivity (Wildman–Crippen MR) is 112 cm³/mol. The summed E-state index contributed by atoms with van der Waals surface area (Å²) < 4.78 is 28.0. The van der Waals surface area contributed by atoms with Gasteiger partial charge < -0.3 is 4.90 Å². The molecule has 28 heavy (non-hydrogen) atoms. The summed E-state index contributed by atoms with van der Waals surface area (Å²) in [5.74, 6) is 0.479. The molecule has 1 heterocycles. The summed E-state index contributed by atoms with van der Waals surface area (Å²) in [7, 11) is -3.57. The molecule has 0 radical (unpaired) electrons. The van der Waals surface area contributed by atoms with Crippen LogP contribution in [0.5, 0.6) is 0 Å². The van der Waals surface area contributed by atoms with Gasteiger partial charge in [0.05, 0.1) is 4.90 Å². The maximum atomic E-state index is 12.7. The minimum Gasteiger partial charge on any atom is -0.312 e. The number of rotatable bonds is 6. The lowest BCUT2D eigenvalue weighted by molar-refractivity contribution is -0.119. The minimum atomic E-state index is -3.57. The molecule has 0 saturated heterocycles. The van der Waals surface area contributed by atoms with E-state index >= 15 is 0 Å². The number of nitrogens with one attached hydrogen (secondary N) is 1. The van der Waals surface area contributed by atoms with E-state index in [1.165, 1.54) is 0 Å². The van der Waals surface area contributed by atoms with Crippen molar-refractivity contribution in [2.24, 2.45) is 5.92 Å². The number of nitrogens with zero attached hydrogens (tertiary/aromatic N) is 1. The first kappa shape index (κ1) is 20.6. The lowest BCUT2D eigenvalue weighted by Crippen LogP contribution is -2.29. The molecule has 2 aromatic rings. The highest BCUT2D eigenvalue weighted by Gasteiger charge is 2.25. The molecule has 3 rings (SSSR count). The molecule has 0 atom stereocenters. The van der Waals surface area contributed by atoms with Gasteiger partial charge in [0.2, 0.25) is 15.9 Å². The molecule has 0 aromatic heterocycles. The molecule has 0 bridgehead atoms. The Bertz CT molecular complexity index is 997. The Morgan fingerprint density at radius 2 is 1.89 bits per heavy atom. The fourth-order valence-corrected chi connectivity index (χ4v) is 4.88. The molecule has 1 amide bonds. The molecule has 1 aliphatic heterocycles. The van der Waals surface area contributed by atoms with Crippen molar-refractivity contribution in [2.75, 3.05) is 11.4 Å². The second-order valence-corrected chi connectivity index (χ2v) is 9.69. The third-order valence-electron chi connectivity index (χ3n) is 5.01. The zero-order valence-corrected chi connectivity index (χ0v) is 17.8. The highest BCUT2D eigenvalue weighted by Crippen LogP contribution is 2.30. The second-order valence-electron chi connectivity index (χ2n) is 7.95. The van der Waals surface area contributed by atoms with E-state index in [0.717, 1.165) is 34.4 Å². The third kappa shape index (κ3) is 4.45. The molecule has 2 aromatic carbocycles. The molecule has 150 valence electrons. The van der Waals surface area contributed by atoms with Crippen LogP contribution in [0, 0.1) is 19.8 Å². The summed E-state index contributed by atoms with van der Waals surface area (Å²) in [6.07, 6.45) is 1.34. The lowest BCUT2D eigenvalue weighted by atomic mass is 10.1. The van der Waals surface area contributed by atoms with Crippen LogP contribution in [-0.2, 0) is 27.8 Å². The van der Waals surface area contributed by atoms with Crippen molar-refractivity contribution in [3.63, 3.8) is 0 Å². The van der Waals surface area contributed by atoms with Crippen molar-refractivity contribution in [1.29, 1.82) is 0 Å². The largest absolute Gasteiger partial charge is 0.312 e. The van der Waals surface area contributed by atoms with E-state index in [1.54, 1.807) is 19.1 Å². The predicted octanol–water partition coefficient (Wildman–Crippen LogP) is 3.72. The molecular weight excluding hydrogens is 372 g/mol. The molecule has 1 aliphatic rings. The number of carbonyl (C=O) groups excluding carboxylic acids is 1. The van der Waals surface area contributed by atoms with Crippen LogP contribution in [0.1, 0.15) is 42.5 Å². The Balaban J connectivity index is 1.72. The van der Waals surface area contributed by atoms with E-state index in [4.69, 9.17) is 0 Å². The van der Waals surface area contributed by atoms with Gasteiger partial charge in [-0.2, -0.15) is 0 Å². The molecule has 5 nitrogen and oxygen atoms in total. The first-order valence-electron chi connectivity index (χ1n) is 9.66. The molecule has 0 aliphatic carbocycles. The SMILES string of the molecule is Cc1ccc(S(=O)(=O)NCc2ccc3c(c2)CCN3C(=O)CC(C)C)c(C)c1. The maximum absolute atomic E-state index is 12.7. The lowest BCUT2D eigenvalue weighted by Gasteiger charge is -2.19. The van der Waals surface area contributed by atoms with Crippen molar-refractivity contribution >= 4 is 21.6 Å². The molecule has 0 saturated carbocycles. The standard InChI is InChI=1S/C22H28N2O3S/c1-15(2)11-22(25)24-10-9-19-13-18(6-7-20(19)24)14-23-28(26,27)21-8-5-16(3)12-17(21)4/h5-8,12-13,15,23H,9-11,14H2,1-4H3. The highest BCUT2D eigenvalue weighted by molar-refractivity contribution is 7.89. The van der Waals surface area contributed by atoms with E-state index in [2.05, 4.69) is 4.72 Å². The highest BCUT2D eigenvalue weighted by atomic mass is 32.2. The van der Waals surface area contributed by atoms with Crippen LogP contribution in [0.3, 0.4) is 0 Å². The second kappa shape index (κ2) is 8.05.